The molecule has 0 radical (unpaired) electrons. The summed E-state index contributed by atoms with van der Waals surface area (Å²) < 4.78 is 0.875. The standard InChI is InChI=1S/C13H24N5O2S2/c1-14-12(7-17(19)20)15-5-6-21-9-11-10-22-13(16-11)8-18(2,3)4/h7,10,14-15H,5-6,8-9H2,1-4H3/q+1. The van der Waals surface area contributed by atoms with Crippen LogP contribution in [0.25, 0.3) is 0 Å². The van der Waals surface area contributed by atoms with Crippen molar-refractivity contribution in [2.24, 2.45) is 0 Å². The first-order valence-electron chi connectivity index (χ1n) is 6.88. The average Bonchev–Trinajstić information content (AvgIpc) is 2.81. The number of rotatable bonds is 10. The summed E-state index contributed by atoms with van der Waals surface area (Å²) >= 11 is 3.47. The Hall–Kier alpha value is -1.32. The molecule has 0 spiro atoms. The minimum Gasteiger partial charge on any atom is -0.370 e. The molecule has 22 heavy (non-hydrogen) atoms. The van der Waals surface area contributed by atoms with Gasteiger partial charge in [0.2, 0.25) is 0 Å². The third-order valence-electron chi connectivity index (χ3n) is 2.52. The van der Waals surface area contributed by atoms with Crippen molar-refractivity contribution in [2.45, 2.75) is 12.3 Å². The Kier molecular flexibility index (Phi) is 7.63. The normalized spacial score (nSPS) is 12.3. The molecule has 1 aromatic heterocycles. The van der Waals surface area contributed by atoms with Crippen molar-refractivity contribution in [3.63, 3.8) is 0 Å². The molecule has 124 valence electrons. The molecule has 1 aromatic rings. The van der Waals surface area contributed by atoms with Crippen LogP contribution in [0, 0.1) is 10.1 Å². The molecule has 0 aliphatic heterocycles. The van der Waals surface area contributed by atoms with Crippen molar-refractivity contribution in [3.05, 3.63) is 38.2 Å². The molecule has 0 atom stereocenters. The van der Waals surface area contributed by atoms with Crippen molar-refractivity contribution >= 4 is 23.1 Å². The molecule has 1 rings (SSSR count). The number of thiazole rings is 1. The molecule has 7 nitrogen and oxygen atoms in total. The van der Waals surface area contributed by atoms with Crippen molar-refractivity contribution in [1.82, 2.24) is 15.6 Å². The summed E-state index contributed by atoms with van der Waals surface area (Å²) in [6.07, 6.45) is 0.933. The van der Waals surface area contributed by atoms with E-state index >= 15 is 0 Å². The van der Waals surface area contributed by atoms with Gasteiger partial charge in [-0.15, -0.1) is 11.3 Å². The Morgan fingerprint density at radius 3 is 2.86 bits per heavy atom. The zero-order chi connectivity index (χ0) is 16.6. The van der Waals surface area contributed by atoms with E-state index in [1.807, 2.05) is 0 Å². The number of aromatic nitrogens is 1. The summed E-state index contributed by atoms with van der Waals surface area (Å²) in [6, 6.07) is 0. The van der Waals surface area contributed by atoms with Crippen molar-refractivity contribution in [1.29, 1.82) is 0 Å². The minimum atomic E-state index is -0.476. The fraction of sp³-hybridized carbons (Fsp3) is 0.615. The van der Waals surface area contributed by atoms with E-state index in [1.54, 1.807) is 30.1 Å². The Morgan fingerprint density at radius 2 is 2.27 bits per heavy atom. The number of hydrogen-bond donors (Lipinski definition) is 2. The number of nitrogens with zero attached hydrogens (tertiary/aromatic N) is 3. The van der Waals surface area contributed by atoms with Crippen LogP contribution in [0.3, 0.4) is 0 Å². The molecule has 0 aromatic carbocycles. The molecule has 9 heteroatoms. The van der Waals surface area contributed by atoms with Gasteiger partial charge in [0, 0.05) is 30.5 Å². The molecule has 0 aliphatic carbocycles. The van der Waals surface area contributed by atoms with Gasteiger partial charge >= 0.3 is 0 Å². The van der Waals surface area contributed by atoms with Gasteiger partial charge in [0.25, 0.3) is 6.20 Å². The van der Waals surface area contributed by atoms with E-state index in [9.17, 15) is 10.1 Å². The zero-order valence-corrected chi connectivity index (χ0v) is 15.1. The number of nitro groups is 1. The van der Waals surface area contributed by atoms with Crippen molar-refractivity contribution in [2.75, 3.05) is 40.5 Å². The van der Waals surface area contributed by atoms with Gasteiger partial charge in [-0.25, -0.2) is 4.98 Å². The van der Waals surface area contributed by atoms with Gasteiger partial charge in [-0.1, -0.05) is 0 Å². The summed E-state index contributed by atoms with van der Waals surface area (Å²) in [7, 11) is 8.11. The first kappa shape index (κ1) is 18.7. The Balaban J connectivity index is 2.26. The molecule has 0 aliphatic rings. The van der Waals surface area contributed by atoms with Crippen LogP contribution < -0.4 is 10.6 Å². The van der Waals surface area contributed by atoms with Crippen LogP contribution >= 0.6 is 23.1 Å². The quantitative estimate of drug-likeness (QED) is 0.289. The monoisotopic (exact) mass is 346 g/mol. The highest BCUT2D eigenvalue weighted by atomic mass is 32.2. The molecule has 0 saturated heterocycles. The maximum Gasteiger partial charge on any atom is 0.274 e. The SMILES string of the molecule is CNC(=C[N+](=O)[O-])NCCSCc1csc(C[N+](C)(C)C)n1. The third-order valence-corrected chi connectivity index (χ3v) is 4.40. The minimum absolute atomic E-state index is 0.421. The summed E-state index contributed by atoms with van der Waals surface area (Å²) in [5.74, 6) is 2.15. The van der Waals surface area contributed by atoms with Crippen LogP contribution in [-0.4, -0.2) is 54.9 Å². The van der Waals surface area contributed by atoms with E-state index in [4.69, 9.17) is 0 Å². The number of quaternary nitrogens is 1. The van der Waals surface area contributed by atoms with Crippen molar-refractivity contribution < 1.29 is 9.41 Å². The van der Waals surface area contributed by atoms with Gasteiger partial charge in [0.05, 0.1) is 31.8 Å². The largest absolute Gasteiger partial charge is 0.370 e. The summed E-state index contributed by atoms with van der Waals surface area (Å²) in [5, 5.41) is 19.4. The van der Waals surface area contributed by atoms with Crippen molar-refractivity contribution in [3.8, 4) is 0 Å². The molecule has 0 unspecified atom stereocenters. The predicted octanol–water partition coefficient (Wildman–Crippen LogP) is 1.47. The van der Waals surface area contributed by atoms with Gasteiger partial charge in [-0.3, -0.25) is 10.1 Å². The van der Waals surface area contributed by atoms with E-state index in [0.29, 0.717) is 12.4 Å². The number of hydrogen-bond acceptors (Lipinski definition) is 7. The lowest BCUT2D eigenvalue weighted by atomic mass is 10.5. The van der Waals surface area contributed by atoms with Crippen LogP contribution in [-0.2, 0) is 12.3 Å². The van der Waals surface area contributed by atoms with E-state index in [1.165, 1.54) is 0 Å². The summed E-state index contributed by atoms with van der Waals surface area (Å²) in [6.45, 7) is 1.61. The van der Waals surface area contributed by atoms with Crippen LogP contribution in [0.5, 0.6) is 0 Å². The lowest BCUT2D eigenvalue weighted by Gasteiger charge is -2.22. The second-order valence-electron chi connectivity index (χ2n) is 5.74. The highest BCUT2D eigenvalue weighted by Gasteiger charge is 2.12. The van der Waals surface area contributed by atoms with Crippen LogP contribution in [0.2, 0.25) is 0 Å². The zero-order valence-electron chi connectivity index (χ0n) is 13.5. The smallest absolute Gasteiger partial charge is 0.274 e. The van der Waals surface area contributed by atoms with E-state index < -0.39 is 4.92 Å². The predicted molar refractivity (Wildman–Crippen MR) is 92.2 cm³/mol. The number of thioether (sulfide) groups is 1. The second-order valence-corrected chi connectivity index (χ2v) is 7.79. The van der Waals surface area contributed by atoms with E-state index in [2.05, 4.69) is 42.1 Å². The molecule has 1 heterocycles. The molecular weight excluding hydrogens is 322 g/mol. The first-order chi connectivity index (χ1) is 10.3. The Labute approximate surface area is 139 Å². The third kappa shape index (κ3) is 8.20. The maximum absolute atomic E-state index is 10.4. The van der Waals surface area contributed by atoms with E-state index in [0.717, 1.165) is 39.4 Å². The highest BCUT2D eigenvalue weighted by molar-refractivity contribution is 7.98. The molecule has 2 N–H and O–H groups in total. The first-order valence-corrected chi connectivity index (χ1v) is 8.92. The average molecular weight is 347 g/mol. The summed E-state index contributed by atoms with van der Waals surface area (Å²) in [5.41, 5.74) is 1.10. The molecule has 0 bridgehead atoms. The van der Waals surface area contributed by atoms with Crippen LogP contribution in [0.4, 0.5) is 0 Å². The molecule has 0 fully saturated rings. The number of nitrogens with one attached hydrogen (secondary N) is 2. The van der Waals surface area contributed by atoms with Gasteiger partial charge < -0.3 is 15.1 Å². The lowest BCUT2D eigenvalue weighted by molar-refractivity contribution is -0.883. The van der Waals surface area contributed by atoms with Gasteiger partial charge in [0.15, 0.2) is 5.82 Å². The lowest BCUT2D eigenvalue weighted by Crippen LogP contribution is -2.33. The molecule has 0 amide bonds. The highest BCUT2D eigenvalue weighted by Crippen LogP contribution is 2.17. The summed E-state index contributed by atoms with van der Waals surface area (Å²) in [4.78, 5) is 14.5. The van der Waals surface area contributed by atoms with Gasteiger partial charge in [-0.05, 0) is 0 Å². The van der Waals surface area contributed by atoms with Crippen LogP contribution in [0.15, 0.2) is 17.4 Å². The van der Waals surface area contributed by atoms with Gasteiger partial charge in [-0.2, -0.15) is 11.8 Å². The van der Waals surface area contributed by atoms with Crippen LogP contribution in [0.1, 0.15) is 10.7 Å². The maximum atomic E-state index is 10.4. The second kappa shape index (κ2) is 8.96. The Bertz CT molecular complexity index is 511. The van der Waals surface area contributed by atoms with Gasteiger partial charge in [0.1, 0.15) is 11.6 Å². The van der Waals surface area contributed by atoms with E-state index in [-0.39, 0.29) is 0 Å². The fourth-order valence-corrected chi connectivity index (χ4v) is 3.53. The Morgan fingerprint density at radius 1 is 1.55 bits per heavy atom. The topological polar surface area (TPSA) is 80.1 Å². The molecular formula is C13H24N5O2S2+. The fourth-order valence-electron chi connectivity index (χ4n) is 1.63. The molecule has 0 saturated carbocycles.